The Kier molecular flexibility index (Phi) is 0.887. The maximum Gasteiger partial charge on any atom is 0.206 e. The van der Waals surface area contributed by atoms with Crippen LogP contribution >= 0.6 is 0 Å². The predicted octanol–water partition coefficient (Wildman–Crippen LogP) is -0.436. The highest BCUT2D eigenvalue weighted by atomic mass is 15.6. The molecule has 0 saturated carbocycles. The number of H-pyrrole nitrogens is 1. The Balaban J connectivity index is 2.88. The molecule has 2 aromatic rings. The molecule has 0 fully saturated rings. The molecule has 0 amide bonds. The number of benzene rings is 1. The van der Waals surface area contributed by atoms with Crippen molar-refractivity contribution in [2.75, 3.05) is 5.84 Å². The van der Waals surface area contributed by atoms with E-state index in [9.17, 15) is 0 Å². The van der Waals surface area contributed by atoms with Crippen LogP contribution in [0.3, 0.4) is 0 Å². The van der Waals surface area contributed by atoms with Crippen LogP contribution < -0.4 is 10.9 Å². The molecular formula is C6H7N4+. The van der Waals surface area contributed by atoms with Gasteiger partial charge in [0.1, 0.15) is 0 Å². The molecule has 0 aliphatic heterocycles. The molecule has 0 atom stereocenters. The lowest BCUT2D eigenvalue weighted by molar-refractivity contribution is -0.460. The van der Waals surface area contributed by atoms with Crippen LogP contribution in [0.15, 0.2) is 24.3 Å². The standard InChI is InChI=1S/C6H6N4/c7-10-8-5-3-1-2-4-6(5)9-10/h1-4H,7H2/p+1. The Hall–Kier alpha value is -1.58. The molecule has 0 aliphatic carbocycles. The van der Waals surface area contributed by atoms with Gasteiger partial charge in [0, 0.05) is 10.0 Å². The number of hydrogen-bond acceptors (Lipinski definition) is 2. The van der Waals surface area contributed by atoms with E-state index in [0.29, 0.717) is 0 Å². The summed E-state index contributed by atoms with van der Waals surface area (Å²) in [6.07, 6.45) is 0. The van der Waals surface area contributed by atoms with Gasteiger partial charge in [-0.05, 0) is 12.1 Å². The van der Waals surface area contributed by atoms with Gasteiger partial charge >= 0.3 is 0 Å². The van der Waals surface area contributed by atoms with E-state index < -0.39 is 0 Å². The van der Waals surface area contributed by atoms with Gasteiger partial charge in [-0.1, -0.05) is 12.1 Å². The minimum Gasteiger partial charge on any atom is -0.223 e. The number of nitrogens with zero attached hydrogens (tertiary/aromatic N) is 2. The van der Waals surface area contributed by atoms with E-state index in [-0.39, 0.29) is 0 Å². The molecule has 4 nitrogen and oxygen atoms in total. The smallest absolute Gasteiger partial charge is 0.206 e. The van der Waals surface area contributed by atoms with E-state index in [4.69, 9.17) is 5.84 Å². The fourth-order valence-corrected chi connectivity index (χ4v) is 0.920. The Morgan fingerprint density at radius 2 is 2.20 bits per heavy atom. The zero-order valence-corrected chi connectivity index (χ0v) is 5.28. The monoisotopic (exact) mass is 135 g/mol. The Morgan fingerprint density at radius 3 is 3.00 bits per heavy atom. The summed E-state index contributed by atoms with van der Waals surface area (Å²) in [7, 11) is 0. The number of nitrogens with two attached hydrogens (primary N) is 1. The summed E-state index contributed by atoms with van der Waals surface area (Å²) in [5.41, 5.74) is 1.83. The molecule has 2 rings (SSSR count). The SMILES string of the molecule is Nn1nc2ccccc2[nH+]1. The van der Waals surface area contributed by atoms with Gasteiger partial charge in [-0.15, -0.1) is 0 Å². The number of nitrogen functional groups attached to an aromatic ring is 1. The first-order chi connectivity index (χ1) is 4.86. The highest BCUT2D eigenvalue weighted by Gasteiger charge is 2.01. The zero-order chi connectivity index (χ0) is 6.97. The first kappa shape index (κ1) is 5.22. The van der Waals surface area contributed by atoms with Crippen molar-refractivity contribution < 1.29 is 5.10 Å². The number of rotatable bonds is 0. The van der Waals surface area contributed by atoms with Crippen LogP contribution in [-0.2, 0) is 0 Å². The van der Waals surface area contributed by atoms with Crippen molar-refractivity contribution in [3.8, 4) is 0 Å². The van der Waals surface area contributed by atoms with E-state index in [1.165, 1.54) is 4.91 Å². The van der Waals surface area contributed by atoms with Gasteiger partial charge in [0.05, 0.1) is 0 Å². The third-order valence-electron chi connectivity index (χ3n) is 1.35. The van der Waals surface area contributed by atoms with Gasteiger partial charge in [0.25, 0.3) is 0 Å². The van der Waals surface area contributed by atoms with E-state index in [2.05, 4.69) is 10.2 Å². The van der Waals surface area contributed by atoms with Crippen LogP contribution in [0.5, 0.6) is 0 Å². The topological polar surface area (TPSA) is 58.0 Å². The van der Waals surface area contributed by atoms with Crippen molar-refractivity contribution in [3.05, 3.63) is 24.3 Å². The minimum absolute atomic E-state index is 0.880. The molecule has 1 aromatic carbocycles. The van der Waals surface area contributed by atoms with Crippen LogP contribution in [-0.4, -0.2) is 10.0 Å². The molecule has 1 aromatic heterocycles. The van der Waals surface area contributed by atoms with E-state index in [1.54, 1.807) is 0 Å². The molecule has 10 heavy (non-hydrogen) atoms. The van der Waals surface area contributed by atoms with Gasteiger partial charge in [0.15, 0.2) is 5.52 Å². The molecule has 0 spiro atoms. The summed E-state index contributed by atoms with van der Waals surface area (Å²) < 4.78 is 0. The second-order valence-corrected chi connectivity index (χ2v) is 2.07. The van der Waals surface area contributed by atoms with E-state index in [0.717, 1.165) is 11.0 Å². The number of hydrogen-bond donors (Lipinski definition) is 1. The summed E-state index contributed by atoms with van der Waals surface area (Å²) in [6, 6.07) is 7.67. The van der Waals surface area contributed by atoms with Crippen LogP contribution in [0.25, 0.3) is 11.0 Å². The van der Waals surface area contributed by atoms with Gasteiger partial charge in [0.2, 0.25) is 5.52 Å². The number of aromatic nitrogens is 3. The van der Waals surface area contributed by atoms with Crippen LogP contribution in [0.2, 0.25) is 0 Å². The van der Waals surface area contributed by atoms with Crippen LogP contribution in [0.1, 0.15) is 0 Å². The Morgan fingerprint density at radius 1 is 1.40 bits per heavy atom. The average Bonchev–Trinajstić information content (AvgIpc) is 2.27. The van der Waals surface area contributed by atoms with Gasteiger partial charge in [-0.25, -0.2) is 5.84 Å². The largest absolute Gasteiger partial charge is 0.223 e. The lowest BCUT2D eigenvalue weighted by Crippen LogP contribution is -2.26. The number of aromatic amines is 1. The highest BCUT2D eigenvalue weighted by molar-refractivity contribution is 5.69. The fraction of sp³-hybridized carbons (Fsp3) is 0. The highest BCUT2D eigenvalue weighted by Crippen LogP contribution is 2.01. The normalized spacial score (nSPS) is 10.4. The third kappa shape index (κ3) is 0.621. The first-order valence-electron chi connectivity index (χ1n) is 2.98. The number of nitrogens with one attached hydrogen (secondary N) is 1. The second-order valence-electron chi connectivity index (χ2n) is 2.07. The molecule has 0 radical (unpaired) electrons. The molecule has 4 heteroatoms. The summed E-state index contributed by atoms with van der Waals surface area (Å²) in [4.78, 5) is 1.20. The maximum atomic E-state index is 5.34. The molecular weight excluding hydrogens is 128 g/mol. The van der Waals surface area contributed by atoms with Crippen molar-refractivity contribution in [1.82, 2.24) is 10.0 Å². The maximum absolute atomic E-state index is 5.34. The molecule has 0 aliphatic rings. The number of para-hydroxylation sites is 1. The average molecular weight is 135 g/mol. The van der Waals surface area contributed by atoms with Crippen molar-refractivity contribution >= 4 is 11.0 Å². The van der Waals surface area contributed by atoms with Crippen molar-refractivity contribution in [2.24, 2.45) is 0 Å². The number of fused-ring (bicyclic) bond motifs is 1. The van der Waals surface area contributed by atoms with Crippen LogP contribution in [0.4, 0.5) is 0 Å². The summed E-state index contributed by atoms with van der Waals surface area (Å²) in [6.45, 7) is 0. The third-order valence-corrected chi connectivity index (χ3v) is 1.35. The summed E-state index contributed by atoms with van der Waals surface area (Å²) >= 11 is 0. The molecule has 0 bridgehead atoms. The van der Waals surface area contributed by atoms with Gasteiger partial charge in [-0.3, -0.25) is 0 Å². The van der Waals surface area contributed by atoms with Crippen LogP contribution in [0, 0.1) is 0 Å². The lowest BCUT2D eigenvalue weighted by atomic mass is 10.3. The van der Waals surface area contributed by atoms with Crippen molar-refractivity contribution in [3.63, 3.8) is 0 Å². The Bertz CT molecular complexity index is 318. The lowest BCUT2D eigenvalue weighted by Gasteiger charge is -1.74. The Labute approximate surface area is 57.2 Å². The van der Waals surface area contributed by atoms with Crippen molar-refractivity contribution in [1.29, 1.82) is 0 Å². The first-order valence-corrected chi connectivity index (χ1v) is 2.98. The molecule has 0 saturated heterocycles. The molecule has 1 heterocycles. The zero-order valence-electron chi connectivity index (χ0n) is 5.28. The summed E-state index contributed by atoms with van der Waals surface area (Å²) in [5, 5.41) is 6.79. The molecule has 3 N–H and O–H groups in total. The minimum atomic E-state index is 0.880. The van der Waals surface area contributed by atoms with Crippen molar-refractivity contribution in [2.45, 2.75) is 0 Å². The quantitative estimate of drug-likeness (QED) is 0.498. The van der Waals surface area contributed by atoms with E-state index >= 15 is 0 Å². The summed E-state index contributed by atoms with van der Waals surface area (Å²) in [5.74, 6) is 5.34. The fourth-order valence-electron chi connectivity index (χ4n) is 0.920. The molecule has 0 unspecified atom stereocenters. The van der Waals surface area contributed by atoms with Gasteiger partial charge < -0.3 is 0 Å². The van der Waals surface area contributed by atoms with E-state index in [1.807, 2.05) is 24.3 Å². The predicted molar refractivity (Wildman–Crippen MR) is 36.4 cm³/mol. The second kappa shape index (κ2) is 1.70. The van der Waals surface area contributed by atoms with Gasteiger partial charge in [-0.2, -0.15) is 5.10 Å². The molecule has 50 valence electrons.